The van der Waals surface area contributed by atoms with E-state index in [2.05, 4.69) is 20.3 Å². The van der Waals surface area contributed by atoms with Crippen molar-refractivity contribution in [1.82, 2.24) is 15.0 Å². The van der Waals surface area contributed by atoms with Gasteiger partial charge < -0.3 is 15.4 Å². The van der Waals surface area contributed by atoms with Crippen molar-refractivity contribution in [2.45, 2.75) is 6.92 Å². The lowest BCUT2D eigenvalue weighted by Crippen LogP contribution is -2.12. The Morgan fingerprint density at radius 2 is 1.88 bits per heavy atom. The number of carbonyl (C=O) groups is 2. The smallest absolute Gasteiger partial charge is 0.354 e. The van der Waals surface area contributed by atoms with Gasteiger partial charge >= 0.3 is 5.97 Å². The zero-order valence-electron chi connectivity index (χ0n) is 12.8. The Morgan fingerprint density at radius 3 is 2.54 bits per heavy atom. The van der Waals surface area contributed by atoms with Gasteiger partial charge in [0.05, 0.1) is 6.33 Å². The molecule has 0 aliphatic carbocycles. The van der Waals surface area contributed by atoms with E-state index >= 15 is 0 Å². The van der Waals surface area contributed by atoms with Gasteiger partial charge in [-0.3, -0.25) is 4.79 Å². The summed E-state index contributed by atoms with van der Waals surface area (Å²) in [5.74, 6) is -0.903. The highest BCUT2D eigenvalue weighted by Gasteiger charge is 2.15. The molecule has 0 saturated carbocycles. The number of carboxylic acids is 1. The van der Waals surface area contributed by atoms with E-state index in [4.69, 9.17) is 5.11 Å². The van der Waals surface area contributed by atoms with E-state index in [0.717, 1.165) is 5.56 Å². The number of aromatic nitrogens is 3. The number of aryl methyl sites for hydroxylation is 1. The number of anilines is 1. The lowest BCUT2D eigenvalue weighted by atomic mass is 10.1. The number of benzene rings is 1. The maximum atomic E-state index is 12.2. The summed E-state index contributed by atoms with van der Waals surface area (Å²) < 4.78 is 0. The Hall–Kier alpha value is -3.48. The molecule has 0 radical (unpaired) electrons. The van der Waals surface area contributed by atoms with Crippen molar-refractivity contribution in [2.75, 3.05) is 5.32 Å². The topological polar surface area (TPSA) is 108 Å². The van der Waals surface area contributed by atoms with E-state index < -0.39 is 5.97 Å². The second kappa shape index (κ2) is 6.33. The zero-order valence-corrected chi connectivity index (χ0v) is 12.8. The molecule has 3 N–H and O–H groups in total. The van der Waals surface area contributed by atoms with Crippen LogP contribution in [0.3, 0.4) is 0 Å². The Kier molecular flexibility index (Phi) is 4.07. The van der Waals surface area contributed by atoms with E-state index in [0.29, 0.717) is 22.6 Å². The van der Waals surface area contributed by atoms with Crippen molar-refractivity contribution >= 4 is 17.7 Å². The number of amides is 1. The van der Waals surface area contributed by atoms with Crippen LogP contribution in [0.15, 0.2) is 48.9 Å². The summed E-state index contributed by atoms with van der Waals surface area (Å²) in [6.07, 6.45) is 2.95. The predicted octanol–water partition coefficient (Wildman–Crippen LogP) is 2.73. The average molecular weight is 322 g/mol. The quantitative estimate of drug-likeness (QED) is 0.684. The van der Waals surface area contributed by atoms with Crippen molar-refractivity contribution in [1.29, 1.82) is 0 Å². The minimum atomic E-state index is -1.09. The molecule has 0 bridgehead atoms. The Labute approximate surface area is 137 Å². The average Bonchev–Trinajstić information content (AvgIpc) is 3.05. The summed E-state index contributed by atoms with van der Waals surface area (Å²) in [7, 11) is 0. The summed E-state index contributed by atoms with van der Waals surface area (Å²) in [6, 6.07) is 10.1. The Bertz CT molecular complexity index is 900. The molecule has 0 atom stereocenters. The fourth-order valence-electron chi connectivity index (χ4n) is 2.25. The van der Waals surface area contributed by atoms with Crippen LogP contribution in [-0.4, -0.2) is 31.9 Å². The lowest BCUT2D eigenvalue weighted by Gasteiger charge is -2.06. The molecule has 0 spiro atoms. The molecule has 1 amide bonds. The van der Waals surface area contributed by atoms with Crippen molar-refractivity contribution in [2.24, 2.45) is 0 Å². The van der Waals surface area contributed by atoms with Crippen LogP contribution >= 0.6 is 0 Å². The van der Waals surface area contributed by atoms with Gasteiger partial charge in [0.1, 0.15) is 11.5 Å². The maximum absolute atomic E-state index is 12.2. The number of aromatic amines is 1. The van der Waals surface area contributed by atoms with Crippen LogP contribution in [0.4, 0.5) is 5.82 Å². The van der Waals surface area contributed by atoms with Crippen molar-refractivity contribution in [3.05, 3.63) is 65.7 Å². The number of nitrogens with one attached hydrogen (secondary N) is 2. The van der Waals surface area contributed by atoms with Gasteiger partial charge in [-0.1, -0.05) is 12.1 Å². The number of hydrogen-bond donors (Lipinski definition) is 3. The third-order valence-corrected chi connectivity index (χ3v) is 3.43. The molecule has 0 aliphatic rings. The van der Waals surface area contributed by atoms with Crippen LogP contribution in [0.1, 0.15) is 26.4 Å². The summed E-state index contributed by atoms with van der Waals surface area (Å²) >= 11 is 0. The summed E-state index contributed by atoms with van der Waals surface area (Å²) in [4.78, 5) is 34.0. The number of rotatable bonds is 4. The van der Waals surface area contributed by atoms with Crippen LogP contribution in [0.5, 0.6) is 0 Å². The fraction of sp³-hybridized carbons (Fsp3) is 0.0588. The van der Waals surface area contributed by atoms with Gasteiger partial charge in [0.25, 0.3) is 5.91 Å². The lowest BCUT2D eigenvalue weighted by molar-refractivity contribution is 0.0691. The molecule has 3 aromatic rings. The number of aromatic carboxylic acids is 1. The van der Waals surface area contributed by atoms with Crippen molar-refractivity contribution < 1.29 is 14.7 Å². The second-order valence-electron chi connectivity index (χ2n) is 5.18. The van der Waals surface area contributed by atoms with Crippen LogP contribution in [-0.2, 0) is 0 Å². The minimum absolute atomic E-state index is 0.0103. The van der Waals surface area contributed by atoms with Gasteiger partial charge in [-0.05, 0) is 36.8 Å². The molecule has 24 heavy (non-hydrogen) atoms. The minimum Gasteiger partial charge on any atom is -0.477 e. The monoisotopic (exact) mass is 322 g/mol. The molecule has 7 nitrogen and oxygen atoms in total. The van der Waals surface area contributed by atoms with Crippen LogP contribution in [0, 0.1) is 6.92 Å². The van der Waals surface area contributed by atoms with Gasteiger partial charge in [0, 0.05) is 17.3 Å². The molecular formula is C17H14N4O3. The molecule has 0 unspecified atom stereocenters. The zero-order chi connectivity index (χ0) is 17.1. The molecule has 2 heterocycles. The summed E-state index contributed by atoms with van der Waals surface area (Å²) in [5, 5.41) is 11.8. The Morgan fingerprint density at radius 1 is 1.12 bits per heavy atom. The number of imidazole rings is 1. The SMILES string of the molecule is Cc1ccnc(NC(=O)c2ccc(-c3nc[nH]c3C(=O)O)cc2)c1. The first-order chi connectivity index (χ1) is 11.5. The number of carbonyl (C=O) groups excluding carboxylic acids is 1. The molecule has 3 rings (SSSR count). The molecule has 0 saturated heterocycles. The molecule has 0 fully saturated rings. The first-order valence-electron chi connectivity index (χ1n) is 7.15. The number of carboxylic acid groups (broad SMARTS) is 1. The van der Waals surface area contributed by atoms with Gasteiger partial charge in [-0.2, -0.15) is 0 Å². The molecule has 120 valence electrons. The second-order valence-corrected chi connectivity index (χ2v) is 5.18. The third kappa shape index (κ3) is 3.14. The van der Waals surface area contributed by atoms with Crippen molar-refractivity contribution in [3.63, 3.8) is 0 Å². The van der Waals surface area contributed by atoms with E-state index in [1.807, 2.05) is 13.0 Å². The fourth-order valence-corrected chi connectivity index (χ4v) is 2.25. The molecule has 2 aromatic heterocycles. The Balaban J connectivity index is 1.80. The molecule has 1 aromatic carbocycles. The third-order valence-electron chi connectivity index (χ3n) is 3.43. The standard InChI is InChI=1S/C17H14N4O3/c1-10-6-7-18-13(8-10)21-16(22)12-4-2-11(3-5-12)14-15(17(23)24)20-9-19-14/h2-9H,1H3,(H,19,20)(H,23,24)(H,18,21,22). The largest absolute Gasteiger partial charge is 0.477 e. The van der Waals surface area contributed by atoms with E-state index in [1.54, 1.807) is 36.5 Å². The van der Waals surface area contributed by atoms with Gasteiger partial charge in [0.2, 0.25) is 0 Å². The first kappa shape index (κ1) is 15.4. The molecule has 0 aliphatic heterocycles. The van der Waals surface area contributed by atoms with Crippen molar-refractivity contribution in [3.8, 4) is 11.3 Å². The number of pyridine rings is 1. The predicted molar refractivity (Wildman–Crippen MR) is 87.9 cm³/mol. The number of hydrogen-bond acceptors (Lipinski definition) is 4. The highest BCUT2D eigenvalue weighted by atomic mass is 16.4. The molecule has 7 heteroatoms. The maximum Gasteiger partial charge on any atom is 0.354 e. The molecular weight excluding hydrogens is 308 g/mol. The highest BCUT2D eigenvalue weighted by Crippen LogP contribution is 2.21. The van der Waals surface area contributed by atoms with Gasteiger partial charge in [0.15, 0.2) is 5.69 Å². The normalized spacial score (nSPS) is 10.4. The number of nitrogens with zero attached hydrogens (tertiary/aromatic N) is 2. The van der Waals surface area contributed by atoms with Crippen LogP contribution < -0.4 is 5.32 Å². The summed E-state index contributed by atoms with van der Waals surface area (Å²) in [6.45, 7) is 1.91. The van der Waals surface area contributed by atoms with E-state index in [9.17, 15) is 9.59 Å². The van der Waals surface area contributed by atoms with Gasteiger partial charge in [-0.25, -0.2) is 14.8 Å². The van der Waals surface area contributed by atoms with Crippen LogP contribution in [0.2, 0.25) is 0 Å². The van der Waals surface area contributed by atoms with Gasteiger partial charge in [-0.15, -0.1) is 0 Å². The first-order valence-corrected chi connectivity index (χ1v) is 7.15. The van der Waals surface area contributed by atoms with Crippen LogP contribution in [0.25, 0.3) is 11.3 Å². The van der Waals surface area contributed by atoms with E-state index in [-0.39, 0.29) is 11.6 Å². The van der Waals surface area contributed by atoms with E-state index in [1.165, 1.54) is 6.33 Å². The highest BCUT2D eigenvalue weighted by molar-refractivity contribution is 6.04. The number of H-pyrrole nitrogens is 1. The summed E-state index contributed by atoms with van der Waals surface area (Å²) in [5.41, 5.74) is 2.38.